The van der Waals surface area contributed by atoms with E-state index >= 15 is 0 Å². The molecule has 0 aliphatic heterocycles. The van der Waals surface area contributed by atoms with E-state index in [2.05, 4.69) is 9.97 Å². The van der Waals surface area contributed by atoms with Crippen LogP contribution in [0.2, 0.25) is 0 Å². The van der Waals surface area contributed by atoms with Crippen LogP contribution in [0.5, 0.6) is 0 Å². The second-order valence-electron chi connectivity index (χ2n) is 4.67. The van der Waals surface area contributed by atoms with Crippen molar-refractivity contribution in [2.75, 3.05) is 18.1 Å². The molecule has 0 unspecified atom stereocenters. The number of hydrogen-bond acceptors (Lipinski definition) is 5. The number of imidazole rings is 1. The van der Waals surface area contributed by atoms with Gasteiger partial charge in [0.1, 0.15) is 0 Å². The zero-order chi connectivity index (χ0) is 13.4. The number of anilines is 1. The Morgan fingerprint density at radius 1 is 1.53 bits per heavy atom. The smallest absolute Gasteiger partial charge is 0.271 e. The molecule has 0 spiro atoms. The molecule has 2 N–H and O–H groups in total. The lowest BCUT2D eigenvalue weighted by Crippen LogP contribution is -2.29. The van der Waals surface area contributed by atoms with Crippen LogP contribution >= 0.6 is 0 Å². The average molecular weight is 262 g/mol. The molecule has 7 heteroatoms. The van der Waals surface area contributed by atoms with Crippen molar-refractivity contribution in [3.63, 3.8) is 0 Å². The Labute approximate surface area is 109 Å². The molecule has 0 saturated heterocycles. The first kappa shape index (κ1) is 11.9. The monoisotopic (exact) mass is 262 g/mol. The number of aliphatic hydroxyl groups excluding tert-OH is 1. The fourth-order valence-electron chi connectivity index (χ4n) is 2.19. The number of nitro benzene ring substituents is 1. The van der Waals surface area contributed by atoms with E-state index in [0.717, 1.165) is 12.8 Å². The van der Waals surface area contributed by atoms with Crippen LogP contribution < -0.4 is 4.90 Å². The van der Waals surface area contributed by atoms with Crippen LogP contribution in [0.25, 0.3) is 11.0 Å². The number of benzene rings is 1. The third-order valence-electron chi connectivity index (χ3n) is 3.26. The lowest BCUT2D eigenvalue weighted by Gasteiger charge is -2.19. The number of nitro groups is 1. The Hall–Kier alpha value is -2.15. The van der Waals surface area contributed by atoms with Crippen molar-refractivity contribution in [1.82, 2.24) is 9.97 Å². The maximum atomic E-state index is 10.7. The highest BCUT2D eigenvalue weighted by atomic mass is 16.6. The van der Waals surface area contributed by atoms with E-state index < -0.39 is 4.92 Å². The van der Waals surface area contributed by atoms with Crippen LogP contribution in [0, 0.1) is 10.1 Å². The molecule has 19 heavy (non-hydrogen) atoms. The first-order chi connectivity index (χ1) is 9.19. The van der Waals surface area contributed by atoms with Crippen LogP contribution in [0.15, 0.2) is 18.2 Å². The lowest BCUT2D eigenvalue weighted by molar-refractivity contribution is -0.384. The maximum Gasteiger partial charge on any atom is 0.271 e. The molecule has 1 saturated carbocycles. The summed E-state index contributed by atoms with van der Waals surface area (Å²) in [6, 6.07) is 4.98. The number of hydrogen-bond donors (Lipinski definition) is 2. The van der Waals surface area contributed by atoms with Gasteiger partial charge in [0.2, 0.25) is 5.95 Å². The fraction of sp³-hybridized carbons (Fsp3) is 0.417. The predicted molar refractivity (Wildman–Crippen MR) is 70.2 cm³/mol. The number of rotatable bonds is 5. The molecule has 100 valence electrons. The minimum absolute atomic E-state index is 0.0443. The van der Waals surface area contributed by atoms with Crippen molar-refractivity contribution in [2.24, 2.45) is 0 Å². The minimum Gasteiger partial charge on any atom is -0.395 e. The number of nitrogens with one attached hydrogen (secondary N) is 1. The highest BCUT2D eigenvalue weighted by Gasteiger charge is 2.30. The maximum absolute atomic E-state index is 10.7. The number of non-ortho nitro benzene ring substituents is 1. The van der Waals surface area contributed by atoms with Crippen molar-refractivity contribution in [1.29, 1.82) is 0 Å². The van der Waals surface area contributed by atoms with Gasteiger partial charge in [-0.05, 0) is 18.9 Å². The van der Waals surface area contributed by atoms with Crippen molar-refractivity contribution in [2.45, 2.75) is 18.9 Å². The van der Waals surface area contributed by atoms with Crippen molar-refractivity contribution in [3.8, 4) is 0 Å². The Bertz CT molecular complexity index is 620. The molecule has 1 aromatic carbocycles. The van der Waals surface area contributed by atoms with Gasteiger partial charge in [-0.2, -0.15) is 0 Å². The summed E-state index contributed by atoms with van der Waals surface area (Å²) in [5.74, 6) is 0.673. The average Bonchev–Trinajstić information content (AvgIpc) is 3.13. The molecule has 1 aliphatic rings. The van der Waals surface area contributed by atoms with Gasteiger partial charge in [0.25, 0.3) is 5.69 Å². The largest absolute Gasteiger partial charge is 0.395 e. The quantitative estimate of drug-likeness (QED) is 0.627. The number of aromatic nitrogens is 2. The number of H-pyrrole nitrogens is 1. The highest BCUT2D eigenvalue weighted by Crippen LogP contribution is 2.31. The third-order valence-corrected chi connectivity index (χ3v) is 3.26. The zero-order valence-electron chi connectivity index (χ0n) is 10.2. The molecule has 0 atom stereocenters. The molecular weight excluding hydrogens is 248 g/mol. The van der Waals surface area contributed by atoms with Crippen LogP contribution in [-0.2, 0) is 0 Å². The van der Waals surface area contributed by atoms with Gasteiger partial charge in [0, 0.05) is 24.7 Å². The van der Waals surface area contributed by atoms with E-state index in [0.29, 0.717) is 29.6 Å². The highest BCUT2D eigenvalue weighted by molar-refractivity contribution is 5.80. The molecular formula is C12H14N4O3. The molecule has 0 amide bonds. The summed E-state index contributed by atoms with van der Waals surface area (Å²) in [6.45, 7) is 0.584. The summed E-state index contributed by atoms with van der Waals surface area (Å²) < 4.78 is 0. The fourth-order valence-corrected chi connectivity index (χ4v) is 2.19. The molecule has 1 heterocycles. The van der Waals surface area contributed by atoms with E-state index in [1.165, 1.54) is 12.1 Å². The summed E-state index contributed by atoms with van der Waals surface area (Å²) in [7, 11) is 0. The van der Waals surface area contributed by atoms with Gasteiger partial charge in [-0.3, -0.25) is 10.1 Å². The van der Waals surface area contributed by atoms with Crippen LogP contribution in [0.1, 0.15) is 12.8 Å². The lowest BCUT2D eigenvalue weighted by atomic mass is 10.3. The zero-order valence-corrected chi connectivity index (χ0v) is 10.2. The van der Waals surface area contributed by atoms with E-state index in [4.69, 9.17) is 5.11 Å². The van der Waals surface area contributed by atoms with E-state index in [1.54, 1.807) is 6.07 Å². The number of nitrogens with zero attached hydrogens (tertiary/aromatic N) is 3. The normalized spacial score (nSPS) is 14.8. The second kappa shape index (κ2) is 4.51. The van der Waals surface area contributed by atoms with Gasteiger partial charge in [-0.1, -0.05) is 0 Å². The summed E-state index contributed by atoms with van der Waals surface area (Å²) in [5.41, 5.74) is 1.39. The number of aromatic amines is 1. The number of aliphatic hydroxyl groups is 1. The third kappa shape index (κ3) is 2.24. The second-order valence-corrected chi connectivity index (χ2v) is 4.67. The van der Waals surface area contributed by atoms with E-state index in [-0.39, 0.29) is 12.3 Å². The molecule has 1 aromatic heterocycles. The van der Waals surface area contributed by atoms with Crippen LogP contribution in [0.4, 0.5) is 11.6 Å². The first-order valence-electron chi connectivity index (χ1n) is 6.20. The molecule has 3 rings (SSSR count). The molecule has 1 fully saturated rings. The molecule has 0 bridgehead atoms. The van der Waals surface area contributed by atoms with Gasteiger partial charge < -0.3 is 15.0 Å². The van der Waals surface area contributed by atoms with Gasteiger partial charge in [0.15, 0.2) is 0 Å². The van der Waals surface area contributed by atoms with E-state index in [1.807, 2.05) is 4.90 Å². The predicted octanol–water partition coefficient (Wildman–Crippen LogP) is 1.43. The SMILES string of the molecule is O=[N+]([O-])c1ccc2nc(N(CCO)C3CC3)[nH]c2c1. The van der Waals surface area contributed by atoms with Gasteiger partial charge in [0.05, 0.1) is 22.6 Å². The van der Waals surface area contributed by atoms with Crippen molar-refractivity contribution >= 4 is 22.7 Å². The summed E-state index contributed by atoms with van der Waals surface area (Å²) in [6.07, 6.45) is 2.19. The van der Waals surface area contributed by atoms with Gasteiger partial charge in [-0.25, -0.2) is 4.98 Å². The van der Waals surface area contributed by atoms with Crippen LogP contribution in [0.3, 0.4) is 0 Å². The standard InChI is InChI=1S/C12H14N4O3/c17-6-5-15(8-1-2-8)12-13-10-4-3-9(16(18)19)7-11(10)14-12/h3-4,7-8,17H,1-2,5-6H2,(H,13,14). The first-order valence-corrected chi connectivity index (χ1v) is 6.20. The Balaban J connectivity index is 1.97. The Morgan fingerprint density at radius 3 is 2.95 bits per heavy atom. The molecule has 7 nitrogen and oxygen atoms in total. The Kier molecular flexibility index (Phi) is 2.83. The minimum atomic E-state index is -0.424. The van der Waals surface area contributed by atoms with Gasteiger partial charge in [-0.15, -0.1) is 0 Å². The molecule has 0 radical (unpaired) electrons. The van der Waals surface area contributed by atoms with Crippen molar-refractivity contribution in [3.05, 3.63) is 28.3 Å². The molecule has 2 aromatic rings. The summed E-state index contributed by atoms with van der Waals surface area (Å²) in [5, 5.41) is 19.8. The number of fused-ring (bicyclic) bond motifs is 1. The Morgan fingerprint density at radius 2 is 2.32 bits per heavy atom. The van der Waals surface area contributed by atoms with E-state index in [9.17, 15) is 10.1 Å². The topological polar surface area (TPSA) is 95.3 Å². The van der Waals surface area contributed by atoms with Crippen molar-refractivity contribution < 1.29 is 10.0 Å². The summed E-state index contributed by atoms with van der Waals surface area (Å²) >= 11 is 0. The molecule has 1 aliphatic carbocycles. The van der Waals surface area contributed by atoms with Gasteiger partial charge >= 0.3 is 0 Å². The summed E-state index contributed by atoms with van der Waals surface area (Å²) in [4.78, 5) is 19.9. The van der Waals surface area contributed by atoms with Crippen LogP contribution in [-0.4, -0.2) is 39.2 Å².